The molecule has 2 aromatic rings. The summed E-state index contributed by atoms with van der Waals surface area (Å²) in [6.07, 6.45) is 0. The number of ether oxygens (including phenoxy) is 1. The highest BCUT2D eigenvalue weighted by molar-refractivity contribution is 9.10. The molecule has 2 nitrogen and oxygen atoms in total. The third-order valence-electron chi connectivity index (χ3n) is 2.42. The first kappa shape index (κ1) is 13.1. The quantitative estimate of drug-likeness (QED) is 0.918. The van der Waals surface area contributed by atoms with Crippen molar-refractivity contribution in [1.82, 2.24) is 5.32 Å². The minimum absolute atomic E-state index is 0.307. The minimum atomic E-state index is -0.307. The number of nitrogens with one attached hydrogen (secondary N) is 1. The van der Waals surface area contributed by atoms with Crippen molar-refractivity contribution < 1.29 is 9.13 Å². The summed E-state index contributed by atoms with van der Waals surface area (Å²) in [7, 11) is 1.89. The second-order valence-electron chi connectivity index (χ2n) is 3.84. The van der Waals surface area contributed by atoms with E-state index in [1.165, 1.54) is 12.1 Å². The van der Waals surface area contributed by atoms with Gasteiger partial charge in [0.05, 0.1) is 0 Å². The van der Waals surface area contributed by atoms with E-state index in [4.69, 9.17) is 4.74 Å². The lowest BCUT2D eigenvalue weighted by molar-refractivity contribution is 0.476. The number of hydrogen-bond acceptors (Lipinski definition) is 2. The molecule has 0 amide bonds. The molecule has 94 valence electrons. The van der Waals surface area contributed by atoms with Gasteiger partial charge in [-0.1, -0.05) is 28.1 Å². The largest absolute Gasteiger partial charge is 0.457 e. The van der Waals surface area contributed by atoms with Crippen LogP contribution in [-0.4, -0.2) is 7.05 Å². The molecule has 1 N–H and O–H groups in total. The molecule has 0 aliphatic carbocycles. The van der Waals surface area contributed by atoms with Crippen LogP contribution in [0.25, 0.3) is 0 Å². The second kappa shape index (κ2) is 5.98. The van der Waals surface area contributed by atoms with E-state index < -0.39 is 0 Å². The molecule has 0 bridgehead atoms. The first-order chi connectivity index (χ1) is 8.69. The van der Waals surface area contributed by atoms with Crippen LogP contribution >= 0.6 is 15.9 Å². The Morgan fingerprint density at radius 1 is 1.17 bits per heavy atom. The van der Waals surface area contributed by atoms with Crippen LogP contribution in [0.2, 0.25) is 0 Å². The van der Waals surface area contributed by atoms with Crippen LogP contribution in [0.4, 0.5) is 4.39 Å². The van der Waals surface area contributed by atoms with Crippen molar-refractivity contribution >= 4 is 15.9 Å². The smallest absolute Gasteiger partial charge is 0.130 e. The van der Waals surface area contributed by atoms with E-state index in [-0.39, 0.29) is 5.82 Å². The predicted molar refractivity (Wildman–Crippen MR) is 73.4 cm³/mol. The van der Waals surface area contributed by atoms with Crippen molar-refractivity contribution in [3.63, 3.8) is 0 Å². The van der Waals surface area contributed by atoms with E-state index in [1.54, 1.807) is 12.1 Å². The van der Waals surface area contributed by atoms with Crippen LogP contribution in [0.1, 0.15) is 5.56 Å². The number of rotatable bonds is 4. The Bertz CT molecular complexity index is 545. The molecule has 0 heterocycles. The van der Waals surface area contributed by atoms with Gasteiger partial charge in [0.2, 0.25) is 0 Å². The zero-order chi connectivity index (χ0) is 13.0. The summed E-state index contributed by atoms with van der Waals surface area (Å²) in [6.45, 7) is 0.779. The topological polar surface area (TPSA) is 21.3 Å². The Morgan fingerprint density at radius 2 is 1.94 bits per heavy atom. The molecule has 0 unspecified atom stereocenters. The van der Waals surface area contributed by atoms with E-state index in [0.29, 0.717) is 11.5 Å². The van der Waals surface area contributed by atoms with Gasteiger partial charge < -0.3 is 10.1 Å². The van der Waals surface area contributed by atoms with Crippen molar-refractivity contribution in [2.45, 2.75) is 6.54 Å². The minimum Gasteiger partial charge on any atom is -0.457 e. The van der Waals surface area contributed by atoms with Crippen molar-refractivity contribution in [2.75, 3.05) is 7.05 Å². The van der Waals surface area contributed by atoms with Crippen LogP contribution in [0, 0.1) is 5.82 Å². The first-order valence-corrected chi connectivity index (χ1v) is 6.35. The van der Waals surface area contributed by atoms with E-state index in [0.717, 1.165) is 16.6 Å². The number of hydrogen-bond donors (Lipinski definition) is 1. The van der Waals surface area contributed by atoms with Gasteiger partial charge in [-0.2, -0.15) is 0 Å². The Balaban J connectivity index is 2.17. The fourth-order valence-electron chi connectivity index (χ4n) is 1.59. The average molecular weight is 310 g/mol. The monoisotopic (exact) mass is 309 g/mol. The lowest BCUT2D eigenvalue weighted by Crippen LogP contribution is -2.05. The molecule has 0 saturated heterocycles. The molecule has 0 atom stereocenters. The number of halogens is 2. The van der Waals surface area contributed by atoms with Gasteiger partial charge in [0, 0.05) is 17.1 Å². The average Bonchev–Trinajstić information content (AvgIpc) is 2.33. The fourth-order valence-corrected chi connectivity index (χ4v) is 2.09. The molecule has 4 heteroatoms. The van der Waals surface area contributed by atoms with Crippen LogP contribution < -0.4 is 10.1 Å². The maximum Gasteiger partial charge on any atom is 0.130 e. The third-order valence-corrected chi connectivity index (χ3v) is 3.16. The van der Waals surface area contributed by atoms with Crippen LogP contribution in [0.3, 0.4) is 0 Å². The summed E-state index contributed by atoms with van der Waals surface area (Å²) in [4.78, 5) is 0. The van der Waals surface area contributed by atoms with E-state index in [9.17, 15) is 4.39 Å². The van der Waals surface area contributed by atoms with Gasteiger partial charge in [0.15, 0.2) is 0 Å². The number of benzene rings is 2. The zero-order valence-electron chi connectivity index (χ0n) is 9.91. The van der Waals surface area contributed by atoms with Gasteiger partial charge in [-0.25, -0.2) is 4.39 Å². The highest BCUT2D eigenvalue weighted by atomic mass is 79.9. The van der Waals surface area contributed by atoms with Gasteiger partial charge in [0.1, 0.15) is 17.3 Å². The summed E-state index contributed by atoms with van der Waals surface area (Å²) < 4.78 is 19.6. The van der Waals surface area contributed by atoms with E-state index in [2.05, 4.69) is 21.2 Å². The molecule has 0 saturated carbocycles. The standard InChI is InChI=1S/C14H13BrFNO/c1-17-9-10-5-6-13(8-14(10)15)18-12-4-2-3-11(16)7-12/h2-8,17H,9H2,1H3. The zero-order valence-corrected chi connectivity index (χ0v) is 11.5. The Kier molecular flexibility index (Phi) is 4.33. The van der Waals surface area contributed by atoms with Crippen molar-refractivity contribution in [3.8, 4) is 11.5 Å². The molecule has 2 aromatic carbocycles. The first-order valence-electron chi connectivity index (χ1n) is 5.55. The molecule has 0 aliphatic heterocycles. The predicted octanol–water partition coefficient (Wildman–Crippen LogP) is 4.10. The van der Waals surface area contributed by atoms with E-state index >= 15 is 0 Å². The summed E-state index contributed by atoms with van der Waals surface area (Å²) >= 11 is 3.48. The van der Waals surface area contributed by atoms with Crippen LogP contribution in [0.5, 0.6) is 11.5 Å². The third kappa shape index (κ3) is 3.31. The molecular weight excluding hydrogens is 297 g/mol. The van der Waals surface area contributed by atoms with Crippen molar-refractivity contribution in [1.29, 1.82) is 0 Å². The SMILES string of the molecule is CNCc1ccc(Oc2cccc(F)c2)cc1Br. The molecule has 0 fully saturated rings. The van der Waals surface area contributed by atoms with Gasteiger partial charge >= 0.3 is 0 Å². The molecule has 0 aliphatic rings. The van der Waals surface area contributed by atoms with Gasteiger partial charge in [0.25, 0.3) is 0 Å². The van der Waals surface area contributed by atoms with Gasteiger partial charge in [-0.05, 0) is 36.9 Å². The summed E-state index contributed by atoms with van der Waals surface area (Å²) in [5, 5.41) is 3.08. The van der Waals surface area contributed by atoms with E-state index in [1.807, 2.05) is 25.2 Å². The Labute approximate surface area is 114 Å². The Morgan fingerprint density at radius 3 is 2.61 bits per heavy atom. The van der Waals surface area contributed by atoms with Crippen LogP contribution in [0.15, 0.2) is 46.9 Å². The van der Waals surface area contributed by atoms with Crippen molar-refractivity contribution in [3.05, 3.63) is 58.3 Å². The fraction of sp³-hybridized carbons (Fsp3) is 0.143. The summed E-state index contributed by atoms with van der Waals surface area (Å²) in [5.41, 5.74) is 1.14. The molecule has 18 heavy (non-hydrogen) atoms. The molecule has 0 aromatic heterocycles. The van der Waals surface area contributed by atoms with Crippen molar-refractivity contribution in [2.24, 2.45) is 0 Å². The lowest BCUT2D eigenvalue weighted by atomic mass is 10.2. The van der Waals surface area contributed by atoms with Gasteiger partial charge in [-0.3, -0.25) is 0 Å². The summed E-state index contributed by atoms with van der Waals surface area (Å²) in [6, 6.07) is 11.8. The van der Waals surface area contributed by atoms with Gasteiger partial charge in [-0.15, -0.1) is 0 Å². The normalized spacial score (nSPS) is 10.4. The highest BCUT2D eigenvalue weighted by Gasteiger charge is 2.03. The Hall–Kier alpha value is -1.39. The molecule has 0 spiro atoms. The molecular formula is C14H13BrFNO. The van der Waals surface area contributed by atoms with Crippen LogP contribution in [-0.2, 0) is 6.54 Å². The summed E-state index contributed by atoms with van der Waals surface area (Å²) in [5.74, 6) is 0.856. The highest BCUT2D eigenvalue weighted by Crippen LogP contribution is 2.27. The molecule has 0 radical (unpaired) electrons. The molecule has 2 rings (SSSR count). The second-order valence-corrected chi connectivity index (χ2v) is 4.70. The maximum atomic E-state index is 13.0. The maximum absolute atomic E-state index is 13.0. The lowest BCUT2D eigenvalue weighted by Gasteiger charge is -2.09.